The summed E-state index contributed by atoms with van der Waals surface area (Å²) < 4.78 is 14.0. The molecule has 0 aliphatic rings. The van der Waals surface area contributed by atoms with Gasteiger partial charge in [-0.05, 0) is 156 Å². The van der Waals surface area contributed by atoms with Crippen LogP contribution in [-0.2, 0) is 0 Å². The molecule has 30 rings (SSSR count). The molecular formula is C128H76N8OS3. The number of rotatable bonds is 8. The van der Waals surface area contributed by atoms with Gasteiger partial charge in [-0.25, -0.2) is 39.9 Å². The van der Waals surface area contributed by atoms with Crippen LogP contribution in [0.1, 0.15) is 0 Å². The molecule has 0 saturated carbocycles. The average Bonchev–Trinajstić information content (AvgIpc) is 1.68. The number of thiophene rings is 3. The van der Waals surface area contributed by atoms with Crippen molar-refractivity contribution in [2.75, 3.05) is 0 Å². The number of hydrogen-bond donors (Lipinski definition) is 0. The van der Waals surface area contributed by atoms with Gasteiger partial charge in [0.25, 0.3) is 0 Å². The van der Waals surface area contributed by atoms with Crippen LogP contribution in [0.2, 0.25) is 0 Å². The molecule has 0 fully saturated rings. The number of aromatic nitrogens is 8. The van der Waals surface area contributed by atoms with Crippen molar-refractivity contribution >= 4 is 225 Å². The molecule has 0 atom stereocenters. The van der Waals surface area contributed by atoms with E-state index in [1.165, 1.54) is 114 Å². The molecule has 30 aromatic rings. The number of nitrogens with zero attached hydrogens (tertiary/aromatic N) is 8. The zero-order valence-corrected chi connectivity index (χ0v) is 77.5. The molecule has 8 heterocycles. The van der Waals surface area contributed by atoms with Crippen molar-refractivity contribution in [2.45, 2.75) is 0 Å². The van der Waals surface area contributed by atoms with Crippen LogP contribution in [0.4, 0.5) is 0 Å². The van der Waals surface area contributed by atoms with E-state index in [1.54, 1.807) is 0 Å². The van der Waals surface area contributed by atoms with Gasteiger partial charge in [0.2, 0.25) is 0 Å². The van der Waals surface area contributed by atoms with Gasteiger partial charge in [0, 0.05) is 143 Å². The van der Waals surface area contributed by atoms with Crippen molar-refractivity contribution in [1.29, 1.82) is 0 Å². The van der Waals surface area contributed by atoms with Crippen molar-refractivity contribution in [1.82, 2.24) is 39.9 Å². The largest absolute Gasteiger partial charge is 0.456 e. The fraction of sp³-hybridized carbons (Fsp3) is 0. The first kappa shape index (κ1) is 81.7. The molecule has 0 N–H and O–H groups in total. The summed E-state index contributed by atoms with van der Waals surface area (Å²) in [5.41, 5.74) is 18.0. The second-order valence-corrected chi connectivity index (χ2v) is 38.6. The summed E-state index contributed by atoms with van der Waals surface area (Å²) in [6.45, 7) is 0. The number of para-hydroxylation sites is 3. The number of benzene rings is 22. The van der Waals surface area contributed by atoms with E-state index in [0.717, 1.165) is 167 Å². The van der Waals surface area contributed by atoms with E-state index in [-0.39, 0.29) is 0 Å². The highest BCUT2D eigenvalue weighted by Crippen LogP contribution is 2.47. The summed E-state index contributed by atoms with van der Waals surface area (Å²) in [5, 5.41) is 28.9. The molecule has 0 spiro atoms. The minimum atomic E-state index is 0.722. The van der Waals surface area contributed by atoms with E-state index in [2.05, 4.69) is 388 Å². The molecule has 140 heavy (non-hydrogen) atoms. The summed E-state index contributed by atoms with van der Waals surface area (Å²) in [5.74, 6) is 2.98. The number of hydrogen-bond acceptors (Lipinski definition) is 12. The predicted molar refractivity (Wildman–Crippen MR) is 593 cm³/mol. The first-order valence-electron chi connectivity index (χ1n) is 46.9. The van der Waals surface area contributed by atoms with Gasteiger partial charge in [0.15, 0.2) is 23.3 Å². The SMILES string of the molecule is c1ccc(-c2nc(-c3ccc4ccc5oc6ccccc6c5c4c3)nc3ccccc23)cc1.c1ccc(-c2nc(-c3ccc4ccc5sc6ccccc6c5c4c3)nc3c2ccc2ccccc23)cc1.c1ccc(-c2nc(-c3ccc4ccc5sc6ccccc6c5c4c3)nc3ccc4ccccc4c23)cc1.c1ccc(-c2nc(-c3ccc4ccc5sc6ccccc6c5c4c3)nc3ccccc23)cc1. The van der Waals surface area contributed by atoms with Gasteiger partial charge < -0.3 is 4.42 Å². The zero-order chi connectivity index (χ0) is 92.2. The van der Waals surface area contributed by atoms with Crippen LogP contribution in [0, 0.1) is 0 Å². The fourth-order valence-electron chi connectivity index (χ4n) is 20.4. The highest BCUT2D eigenvalue weighted by atomic mass is 32.1. The van der Waals surface area contributed by atoms with E-state index >= 15 is 0 Å². The van der Waals surface area contributed by atoms with Gasteiger partial charge in [0.1, 0.15) is 11.2 Å². The predicted octanol–water partition coefficient (Wildman–Crippen LogP) is 35.8. The molecule has 0 radical (unpaired) electrons. The van der Waals surface area contributed by atoms with Crippen LogP contribution in [0.5, 0.6) is 0 Å². The number of fused-ring (bicyclic) bond motifs is 28. The molecule has 0 aliphatic heterocycles. The third-order valence-electron chi connectivity index (χ3n) is 27.0. The smallest absolute Gasteiger partial charge is 0.160 e. The van der Waals surface area contributed by atoms with Gasteiger partial charge in [-0.1, -0.05) is 364 Å². The minimum absolute atomic E-state index is 0.722. The van der Waals surface area contributed by atoms with E-state index in [1.807, 2.05) is 107 Å². The van der Waals surface area contributed by atoms with Crippen LogP contribution < -0.4 is 0 Å². The Bertz CT molecular complexity index is 9980. The maximum absolute atomic E-state index is 6.11. The summed E-state index contributed by atoms with van der Waals surface area (Å²) in [6, 6.07) is 162. The lowest BCUT2D eigenvalue weighted by atomic mass is 9.99. The first-order chi connectivity index (χ1) is 69.4. The van der Waals surface area contributed by atoms with Crippen LogP contribution in [-0.4, -0.2) is 39.9 Å². The minimum Gasteiger partial charge on any atom is -0.456 e. The summed E-state index contributed by atoms with van der Waals surface area (Å²) >= 11 is 5.55. The summed E-state index contributed by atoms with van der Waals surface area (Å²) in [7, 11) is 0. The van der Waals surface area contributed by atoms with E-state index in [9.17, 15) is 0 Å². The molecule has 22 aromatic carbocycles. The maximum Gasteiger partial charge on any atom is 0.160 e. The second kappa shape index (κ2) is 34.2. The maximum atomic E-state index is 6.11. The molecule has 8 aromatic heterocycles. The van der Waals surface area contributed by atoms with E-state index in [0.29, 0.717) is 0 Å². The lowest BCUT2D eigenvalue weighted by Gasteiger charge is -2.12. The fourth-order valence-corrected chi connectivity index (χ4v) is 23.8. The van der Waals surface area contributed by atoms with Crippen molar-refractivity contribution < 1.29 is 4.42 Å². The number of furan rings is 1. The Balaban J connectivity index is 0.0000000939. The summed E-state index contributed by atoms with van der Waals surface area (Å²) in [6.07, 6.45) is 0. The first-order valence-corrected chi connectivity index (χ1v) is 49.3. The van der Waals surface area contributed by atoms with Crippen LogP contribution in [0.25, 0.3) is 281 Å². The van der Waals surface area contributed by atoms with Crippen molar-refractivity contribution in [3.05, 3.63) is 461 Å². The molecule has 0 unspecified atom stereocenters. The second-order valence-electron chi connectivity index (χ2n) is 35.3. The molecule has 12 heteroatoms. The quantitative estimate of drug-likeness (QED) is 0.137. The van der Waals surface area contributed by atoms with E-state index < -0.39 is 0 Å². The lowest BCUT2D eigenvalue weighted by Crippen LogP contribution is -1.96. The highest BCUT2D eigenvalue weighted by molar-refractivity contribution is 7.27. The van der Waals surface area contributed by atoms with Gasteiger partial charge in [-0.15, -0.1) is 34.0 Å². The van der Waals surface area contributed by atoms with Crippen LogP contribution >= 0.6 is 34.0 Å². The van der Waals surface area contributed by atoms with Crippen molar-refractivity contribution in [3.8, 4) is 90.6 Å². The average molecular weight is 1840 g/mol. The third kappa shape index (κ3) is 14.4. The molecular weight excluding hydrogens is 1760 g/mol. The Morgan fingerprint density at radius 2 is 0.457 bits per heavy atom. The van der Waals surface area contributed by atoms with Crippen molar-refractivity contribution in [3.63, 3.8) is 0 Å². The Kier molecular flexibility index (Phi) is 20.0. The van der Waals surface area contributed by atoms with Gasteiger partial charge in [-0.2, -0.15) is 0 Å². The summed E-state index contributed by atoms with van der Waals surface area (Å²) in [4.78, 5) is 40.7. The molecule has 0 aliphatic carbocycles. The normalized spacial score (nSPS) is 11.7. The molecule has 0 saturated heterocycles. The molecule has 0 amide bonds. The molecule has 9 nitrogen and oxygen atoms in total. The zero-order valence-electron chi connectivity index (χ0n) is 75.1. The Morgan fingerprint density at radius 3 is 0.914 bits per heavy atom. The molecule has 0 bridgehead atoms. The Hall–Kier alpha value is -17.8. The van der Waals surface area contributed by atoms with Gasteiger partial charge >= 0.3 is 0 Å². The Morgan fingerprint density at radius 1 is 0.150 bits per heavy atom. The highest BCUT2D eigenvalue weighted by Gasteiger charge is 2.23. The topological polar surface area (TPSA) is 116 Å². The van der Waals surface area contributed by atoms with Crippen LogP contribution in [0.15, 0.2) is 465 Å². The van der Waals surface area contributed by atoms with Gasteiger partial charge in [-0.3, -0.25) is 0 Å². The van der Waals surface area contributed by atoms with Gasteiger partial charge in [0.05, 0.1) is 44.8 Å². The van der Waals surface area contributed by atoms with E-state index in [4.69, 9.17) is 44.3 Å². The van der Waals surface area contributed by atoms with Crippen molar-refractivity contribution in [2.24, 2.45) is 0 Å². The molecule has 652 valence electrons. The monoisotopic (exact) mass is 1840 g/mol. The Labute approximate surface area is 814 Å². The third-order valence-corrected chi connectivity index (χ3v) is 30.5. The lowest BCUT2D eigenvalue weighted by molar-refractivity contribution is 0.669. The van der Waals surface area contributed by atoms with Crippen LogP contribution in [0.3, 0.4) is 0 Å². The standard InChI is InChI=1S/2C34H20N2S.C30H18N2O.C30H18N2S/c1-2-9-23(10-3-1)33-32-25-11-5-4-8-21(25)16-18-28(32)35-34(36-33)24-15-14-22-17-19-30-31(27(22)20-24)26-12-6-7-13-29(26)37-30;1-2-9-23(10-3-1)32-27-18-16-21-8-4-5-11-25(21)33(27)36-34(35-32)24-15-14-22-17-19-30-31(28(22)20-24)26-12-6-7-13-29(26)37-30;2*1-2-8-20(9-3-1)29-22-10-4-6-12-25(22)31-30(32-29)21-15-14-19-16-17-27-28(24(19)18-21)23-11-5-7-13-26(23)33-27/h2*1-20H;2*1-18H.